The van der Waals surface area contributed by atoms with Gasteiger partial charge >= 0.3 is 45.6 Å². The molecule has 260 valence electrons. The minimum absolute atomic E-state index is 0. The summed E-state index contributed by atoms with van der Waals surface area (Å²) in [7, 11) is -4.64. The van der Waals surface area contributed by atoms with Crippen LogP contribution in [0.4, 0.5) is 0 Å². The molecule has 0 bridgehead atoms. The number of phosphoric acid groups is 1. The molecule has 2 atom stereocenters. The summed E-state index contributed by atoms with van der Waals surface area (Å²) >= 11 is 0. The molecule has 7 heteroatoms. The van der Waals surface area contributed by atoms with Crippen LogP contribution >= 0.6 is 7.82 Å². The molecule has 2 unspecified atom stereocenters. The molecular weight excluding hydrogens is 583 g/mol. The minimum atomic E-state index is -4.64. The number of hydrogen-bond acceptors (Lipinski definition) is 2. The predicted molar refractivity (Wildman–Crippen MR) is 192 cm³/mol. The molecule has 3 N–H and O–H groups in total. The third-order valence-electron chi connectivity index (χ3n) is 8.57. The van der Waals surface area contributed by atoms with Crippen LogP contribution in [0.1, 0.15) is 210 Å². The summed E-state index contributed by atoms with van der Waals surface area (Å²) in [4.78, 5) is 21.6. The van der Waals surface area contributed by atoms with Crippen molar-refractivity contribution in [2.75, 3.05) is 13.2 Å². The van der Waals surface area contributed by atoms with Crippen molar-refractivity contribution in [2.24, 2.45) is 11.8 Å². The van der Waals surface area contributed by atoms with E-state index >= 15 is 0 Å². The van der Waals surface area contributed by atoms with Crippen LogP contribution in [-0.2, 0) is 9.30 Å². The van der Waals surface area contributed by atoms with Crippen LogP contribution in [0, 0.1) is 11.8 Å². The van der Waals surface area contributed by atoms with Crippen molar-refractivity contribution in [3.05, 3.63) is 0 Å². The van der Waals surface area contributed by atoms with Crippen molar-refractivity contribution in [2.45, 2.75) is 207 Å². The number of hydrogen-bond donors (Lipinski definition) is 3. The van der Waals surface area contributed by atoms with Crippen molar-refractivity contribution >= 4 is 45.6 Å². The molecule has 0 spiro atoms. The van der Waals surface area contributed by atoms with E-state index in [0.717, 1.165) is 25.0 Å². The Balaban J connectivity index is -0.000000613. The maximum atomic E-state index is 8.88. The van der Waals surface area contributed by atoms with Gasteiger partial charge in [0.1, 0.15) is 0 Å². The van der Waals surface area contributed by atoms with Crippen LogP contribution in [0.25, 0.3) is 0 Å². The van der Waals surface area contributed by atoms with Gasteiger partial charge in [-0.3, -0.25) is 0 Å². The summed E-state index contributed by atoms with van der Waals surface area (Å²) in [5.41, 5.74) is 0. The monoisotopic (exact) mass is 663 g/mol. The Bertz CT molecular complexity index is 513. The van der Waals surface area contributed by atoms with E-state index in [0.29, 0.717) is 0 Å². The molecule has 0 saturated heterocycles. The third kappa shape index (κ3) is 47.8. The molecule has 5 nitrogen and oxygen atoms in total. The summed E-state index contributed by atoms with van der Waals surface area (Å²) in [5, 5.41) is 0. The summed E-state index contributed by atoms with van der Waals surface area (Å²) in [5.74, 6) is 1.61. The smallest absolute Gasteiger partial charge is 1.00 e. The Morgan fingerprint density at radius 1 is 0.442 bits per heavy atom. The molecule has 0 radical (unpaired) electrons. The van der Waals surface area contributed by atoms with Crippen molar-refractivity contribution in [1.82, 2.24) is 0 Å². The fourth-order valence-corrected chi connectivity index (χ4v) is 5.88. The molecule has 0 aromatic heterocycles. The predicted octanol–water partition coefficient (Wildman–Crippen LogP) is 12.2. The first-order valence-electron chi connectivity index (χ1n) is 18.6. The van der Waals surface area contributed by atoms with E-state index in [1.54, 1.807) is 0 Å². The summed E-state index contributed by atoms with van der Waals surface area (Å²) < 4.78 is 15.4. The van der Waals surface area contributed by atoms with Gasteiger partial charge in [0.25, 0.3) is 0 Å². The molecule has 0 aliphatic rings. The number of rotatable bonds is 32. The van der Waals surface area contributed by atoms with Crippen molar-refractivity contribution in [3.63, 3.8) is 0 Å². The molecule has 0 aliphatic heterocycles. The minimum Gasteiger partial charge on any atom is -1.00 e. The van der Waals surface area contributed by atoms with Gasteiger partial charge in [0.05, 0.1) is 0 Å². The second kappa shape index (κ2) is 39.5. The largest absolute Gasteiger partial charge is 2.00 e. The topological polar surface area (TPSA) is 87.0 Å². The Morgan fingerprint density at radius 2 is 0.628 bits per heavy atom. The Kier molecular flexibility index (Phi) is 44.8. The maximum absolute atomic E-state index is 8.88. The van der Waals surface area contributed by atoms with Gasteiger partial charge in [0, 0.05) is 13.2 Å². The van der Waals surface area contributed by atoms with E-state index in [9.17, 15) is 0 Å². The van der Waals surface area contributed by atoms with E-state index in [1.807, 2.05) is 0 Å². The van der Waals surface area contributed by atoms with E-state index < -0.39 is 7.82 Å². The van der Waals surface area contributed by atoms with E-state index in [-0.39, 0.29) is 40.6 Å². The van der Waals surface area contributed by atoms with Gasteiger partial charge in [-0.25, -0.2) is 4.57 Å². The van der Waals surface area contributed by atoms with E-state index in [4.69, 9.17) is 24.0 Å². The van der Waals surface area contributed by atoms with Crippen LogP contribution in [0.15, 0.2) is 0 Å². The van der Waals surface area contributed by atoms with Gasteiger partial charge in [0.15, 0.2) is 0 Å². The first-order chi connectivity index (χ1) is 20.3. The second-order valence-electron chi connectivity index (χ2n) is 13.0. The van der Waals surface area contributed by atoms with Crippen molar-refractivity contribution < 1.29 is 26.8 Å². The second-order valence-corrected chi connectivity index (χ2v) is 14.0. The van der Waals surface area contributed by atoms with Gasteiger partial charge in [-0.2, -0.15) is 0 Å². The molecule has 0 heterocycles. The zero-order valence-corrected chi connectivity index (χ0v) is 32.8. The van der Waals surface area contributed by atoms with Crippen LogP contribution in [0.5, 0.6) is 0 Å². The number of unbranched alkanes of at least 4 members (excludes halogenated alkanes) is 20. The molecule has 0 rings (SSSR count). The van der Waals surface area contributed by atoms with Crippen LogP contribution in [0.3, 0.4) is 0 Å². The molecule has 0 fully saturated rings. The van der Waals surface area contributed by atoms with Gasteiger partial charge in [0.2, 0.25) is 0 Å². The van der Waals surface area contributed by atoms with Crippen molar-refractivity contribution in [1.29, 1.82) is 0 Å². The summed E-state index contributed by atoms with van der Waals surface area (Å²) in [6, 6.07) is 0. The Labute approximate surface area is 303 Å². The number of ether oxygens (including phenoxy) is 1. The van der Waals surface area contributed by atoms with Crippen LogP contribution in [-0.4, -0.2) is 65.6 Å². The molecular formula is C36H79CaO5P. The standard InChI is InChI=1S/C36H74O.Ca.H3O4P.2H/c1-5-9-13-17-19-21-23-27-31-35(29-25-15-11-7-3)33-37-34-36(30-26-16-12-8-4)32-28-24-22-20-18-14-10-6-2;;1-5(2,3)4;;/h35-36H,5-34H2,1-4H3;;(H3,1,2,3,4);;/q;+2;;2*-1. The molecule has 43 heavy (non-hydrogen) atoms. The summed E-state index contributed by atoms with van der Waals surface area (Å²) in [6.07, 6.45) is 39.7. The van der Waals surface area contributed by atoms with Gasteiger partial charge < -0.3 is 22.3 Å². The van der Waals surface area contributed by atoms with Crippen LogP contribution in [0.2, 0.25) is 0 Å². The molecule has 0 saturated carbocycles. The van der Waals surface area contributed by atoms with E-state index in [2.05, 4.69) is 27.7 Å². The Morgan fingerprint density at radius 3 is 0.860 bits per heavy atom. The van der Waals surface area contributed by atoms with Gasteiger partial charge in [-0.15, -0.1) is 0 Å². The molecule has 0 aliphatic carbocycles. The normalized spacial score (nSPS) is 12.8. The summed E-state index contributed by atoms with van der Waals surface area (Å²) in [6.45, 7) is 11.3. The van der Waals surface area contributed by atoms with E-state index in [1.165, 1.54) is 180 Å². The quantitative estimate of drug-likeness (QED) is 0.0379. The average molecular weight is 663 g/mol. The fourth-order valence-electron chi connectivity index (χ4n) is 5.88. The fraction of sp³-hybridized carbons (Fsp3) is 1.00. The zero-order chi connectivity index (χ0) is 31.6. The zero-order valence-electron chi connectivity index (χ0n) is 31.7. The molecule has 0 aromatic rings. The van der Waals surface area contributed by atoms with Gasteiger partial charge in [-0.1, -0.05) is 182 Å². The first-order valence-corrected chi connectivity index (χ1v) is 20.2. The molecule has 0 amide bonds. The Hall–Kier alpha value is 1.33. The maximum Gasteiger partial charge on any atom is 2.00 e. The van der Waals surface area contributed by atoms with Crippen LogP contribution < -0.4 is 0 Å². The van der Waals surface area contributed by atoms with Crippen molar-refractivity contribution in [3.8, 4) is 0 Å². The SMILES string of the molecule is CCCCCCCCCCC(CCCCCC)COCC(CCCCCC)CCCCCCCCCC.O=P(O)(O)O.[Ca+2].[H-].[H-]. The molecule has 0 aromatic carbocycles. The average Bonchev–Trinajstić information content (AvgIpc) is 2.94. The third-order valence-corrected chi connectivity index (χ3v) is 8.57. The van der Waals surface area contributed by atoms with Gasteiger partial charge in [-0.05, 0) is 37.5 Å². The first kappa shape index (κ1) is 48.7.